The van der Waals surface area contributed by atoms with Gasteiger partial charge in [-0.15, -0.1) is 5.92 Å². The first-order valence-corrected chi connectivity index (χ1v) is 14.6. The second kappa shape index (κ2) is 15.3. The molecule has 1 aliphatic heterocycles. The van der Waals surface area contributed by atoms with Crippen LogP contribution >= 0.6 is 0 Å². The molecule has 0 atom stereocenters. The molecule has 0 unspecified atom stereocenters. The topological polar surface area (TPSA) is 26.8 Å². The number of benzene rings is 2. The Labute approximate surface area is 226 Å². The van der Waals surface area contributed by atoms with E-state index in [1.165, 1.54) is 68.9 Å². The Morgan fingerprint density at radius 1 is 0.703 bits per heavy atom. The highest BCUT2D eigenvalue weighted by atomic mass is 15.3. The Morgan fingerprint density at radius 2 is 1.24 bits per heavy atom. The van der Waals surface area contributed by atoms with Crippen molar-refractivity contribution in [2.24, 2.45) is 0 Å². The highest BCUT2D eigenvalue weighted by Gasteiger charge is 2.34. The van der Waals surface area contributed by atoms with Crippen LogP contribution < -0.4 is 0 Å². The van der Waals surface area contributed by atoms with Gasteiger partial charge in [0.25, 0.3) is 0 Å². The highest BCUT2D eigenvalue weighted by Crippen LogP contribution is 2.35. The van der Waals surface area contributed by atoms with Crippen LogP contribution in [0.15, 0.2) is 65.8 Å². The van der Waals surface area contributed by atoms with Crippen LogP contribution in [0.25, 0.3) is 11.5 Å². The van der Waals surface area contributed by atoms with Gasteiger partial charge in [0.1, 0.15) is 5.57 Å². The molecule has 0 radical (unpaired) electrons. The third-order valence-electron chi connectivity index (χ3n) is 7.21. The predicted molar refractivity (Wildman–Crippen MR) is 161 cm³/mol. The van der Waals surface area contributed by atoms with Crippen molar-refractivity contribution in [3.8, 4) is 11.8 Å². The summed E-state index contributed by atoms with van der Waals surface area (Å²) in [5, 5.41) is 0. The molecule has 196 valence electrons. The van der Waals surface area contributed by atoms with Crippen LogP contribution in [0.4, 0.5) is 0 Å². The summed E-state index contributed by atoms with van der Waals surface area (Å²) in [6, 6.07) is 17.7. The van der Waals surface area contributed by atoms with Crippen LogP contribution in [0.1, 0.15) is 114 Å². The minimum absolute atomic E-state index is 0.902. The van der Waals surface area contributed by atoms with E-state index in [2.05, 4.69) is 87.2 Å². The number of hydrogen-bond acceptors (Lipinski definition) is 0. The van der Waals surface area contributed by atoms with E-state index in [0.717, 1.165) is 52.9 Å². The monoisotopic (exact) mass is 494 g/mol. The quantitative estimate of drug-likeness (QED) is 0.142. The number of aryl methyl sites for hydroxylation is 2. The fraction of sp³-hybridized carbons (Fsp3) is 0.457. The largest absolute Gasteiger partial charge is 0.448 e. The number of nitrogens with zero attached hydrogens (tertiary/aromatic N) is 1. The summed E-state index contributed by atoms with van der Waals surface area (Å²) in [5.74, 6) is 15.8. The predicted octanol–water partition coefficient (Wildman–Crippen LogP) is 9.88. The summed E-state index contributed by atoms with van der Waals surface area (Å²) >= 11 is 0. The SMILES string of the molecule is CC#CC1=C(c2ccc(CCCC)cc2)[N+]([NH-])=C(c2ccc(CCCC)cc2)C1=CCCCCCCC. The Hall–Kier alpha value is -3.05. The van der Waals surface area contributed by atoms with Gasteiger partial charge >= 0.3 is 0 Å². The van der Waals surface area contributed by atoms with Gasteiger partial charge in [0.05, 0.1) is 5.57 Å². The first-order valence-electron chi connectivity index (χ1n) is 14.6. The van der Waals surface area contributed by atoms with Gasteiger partial charge in [-0.3, -0.25) is 0 Å². The molecule has 0 amide bonds. The molecule has 2 nitrogen and oxygen atoms in total. The van der Waals surface area contributed by atoms with Crippen molar-refractivity contribution < 1.29 is 4.68 Å². The number of nitrogens with one attached hydrogen (secondary N) is 1. The van der Waals surface area contributed by atoms with Crippen LogP contribution in [0, 0.1) is 11.8 Å². The van der Waals surface area contributed by atoms with Crippen molar-refractivity contribution in [1.29, 1.82) is 0 Å². The molecule has 0 spiro atoms. The smallest absolute Gasteiger partial charge is 0.225 e. The Balaban J connectivity index is 2.02. The number of unbranched alkanes of at least 4 members (excludes halogenated alkanes) is 7. The van der Waals surface area contributed by atoms with Gasteiger partial charge in [-0.05, 0) is 80.8 Å². The van der Waals surface area contributed by atoms with Crippen LogP contribution in [-0.2, 0) is 12.8 Å². The lowest BCUT2D eigenvalue weighted by Crippen LogP contribution is -2.11. The Bertz CT molecular complexity index is 1150. The van der Waals surface area contributed by atoms with Crippen molar-refractivity contribution in [2.45, 2.75) is 105 Å². The third kappa shape index (κ3) is 7.72. The molecule has 1 heterocycles. The fourth-order valence-electron chi connectivity index (χ4n) is 5.01. The molecule has 2 aromatic rings. The van der Waals surface area contributed by atoms with Gasteiger partial charge in [-0.1, -0.05) is 95.6 Å². The zero-order valence-corrected chi connectivity index (χ0v) is 23.6. The highest BCUT2D eigenvalue weighted by molar-refractivity contribution is 6.17. The molecule has 3 rings (SSSR count). The summed E-state index contributed by atoms with van der Waals surface area (Å²) < 4.78 is 1.64. The lowest BCUT2D eigenvalue weighted by atomic mass is 9.93. The van der Waals surface area contributed by atoms with E-state index < -0.39 is 0 Å². The molecule has 37 heavy (non-hydrogen) atoms. The second-order valence-electron chi connectivity index (χ2n) is 10.2. The van der Waals surface area contributed by atoms with Gasteiger partial charge in [-0.25, -0.2) is 4.68 Å². The van der Waals surface area contributed by atoms with E-state index in [1.807, 2.05) is 6.92 Å². The number of allylic oxidation sites excluding steroid dienone is 3. The van der Waals surface area contributed by atoms with E-state index in [-0.39, 0.29) is 0 Å². The van der Waals surface area contributed by atoms with Crippen molar-refractivity contribution in [2.75, 3.05) is 0 Å². The van der Waals surface area contributed by atoms with E-state index in [1.54, 1.807) is 4.68 Å². The third-order valence-corrected chi connectivity index (χ3v) is 7.21. The molecule has 0 aromatic heterocycles. The fourth-order valence-corrected chi connectivity index (χ4v) is 5.01. The molecular weight excluding hydrogens is 448 g/mol. The van der Waals surface area contributed by atoms with Gasteiger partial charge in [0.2, 0.25) is 11.4 Å². The van der Waals surface area contributed by atoms with Crippen molar-refractivity contribution in [1.82, 2.24) is 0 Å². The maximum absolute atomic E-state index is 9.29. The van der Waals surface area contributed by atoms with Crippen molar-refractivity contribution >= 4 is 11.4 Å². The second-order valence-corrected chi connectivity index (χ2v) is 10.2. The molecular formula is C35H46N2. The number of hydrogen-bond donors (Lipinski definition) is 0. The molecule has 0 saturated heterocycles. The minimum atomic E-state index is 0.902. The summed E-state index contributed by atoms with van der Waals surface area (Å²) in [5.41, 5.74) is 8.85. The normalized spacial score (nSPS) is 14.4. The maximum Gasteiger partial charge on any atom is 0.225 e. The van der Waals surface area contributed by atoms with Crippen molar-refractivity contribution in [3.05, 3.63) is 93.8 Å². The molecule has 2 aromatic carbocycles. The van der Waals surface area contributed by atoms with E-state index >= 15 is 0 Å². The molecule has 0 aliphatic carbocycles. The molecule has 0 saturated carbocycles. The summed E-state index contributed by atoms with van der Waals surface area (Å²) in [7, 11) is 0. The average molecular weight is 495 g/mol. The van der Waals surface area contributed by atoms with Crippen LogP contribution in [0.5, 0.6) is 0 Å². The van der Waals surface area contributed by atoms with E-state index in [9.17, 15) is 5.84 Å². The minimum Gasteiger partial charge on any atom is -0.448 e. The van der Waals surface area contributed by atoms with E-state index in [4.69, 9.17) is 0 Å². The molecule has 1 N–H and O–H groups in total. The summed E-state index contributed by atoms with van der Waals surface area (Å²) in [4.78, 5) is 0. The summed E-state index contributed by atoms with van der Waals surface area (Å²) in [6.07, 6.45) is 16.7. The maximum atomic E-state index is 9.29. The van der Waals surface area contributed by atoms with Crippen LogP contribution in [0.2, 0.25) is 0 Å². The van der Waals surface area contributed by atoms with Gasteiger partial charge in [0.15, 0.2) is 0 Å². The van der Waals surface area contributed by atoms with Crippen LogP contribution in [-0.4, -0.2) is 10.4 Å². The van der Waals surface area contributed by atoms with Gasteiger partial charge < -0.3 is 5.84 Å². The zero-order valence-electron chi connectivity index (χ0n) is 23.6. The lowest BCUT2D eigenvalue weighted by Gasteiger charge is -2.09. The lowest BCUT2D eigenvalue weighted by molar-refractivity contribution is -0.347. The molecule has 0 fully saturated rings. The average Bonchev–Trinajstić information content (AvgIpc) is 3.19. The first kappa shape index (κ1) is 28.5. The zero-order chi connectivity index (χ0) is 26.5. The molecule has 0 bridgehead atoms. The van der Waals surface area contributed by atoms with Crippen LogP contribution in [0.3, 0.4) is 0 Å². The number of rotatable bonds is 14. The molecule has 2 heteroatoms. The Morgan fingerprint density at radius 3 is 1.78 bits per heavy atom. The van der Waals surface area contributed by atoms with Gasteiger partial charge in [0, 0.05) is 11.1 Å². The summed E-state index contributed by atoms with van der Waals surface area (Å²) in [6.45, 7) is 8.63. The Kier molecular flexibility index (Phi) is 11.8. The standard InChI is InChI=1S/C35H46N2/c1-5-9-12-13-14-15-19-33-32(16-8-4)34(30-24-20-28(21-25-30)17-10-6-2)37(36)35(33)31-26-22-29(23-27-31)18-11-7-3/h19-27,36H,5-7,9-15,17-18H2,1-4H3. The van der Waals surface area contributed by atoms with E-state index in [0.29, 0.717) is 0 Å². The molecule has 1 aliphatic rings. The van der Waals surface area contributed by atoms with Crippen molar-refractivity contribution in [3.63, 3.8) is 0 Å². The van der Waals surface area contributed by atoms with Gasteiger partial charge in [-0.2, -0.15) is 0 Å². The first-order chi connectivity index (χ1) is 18.1.